The van der Waals surface area contributed by atoms with E-state index < -0.39 is 5.97 Å². The van der Waals surface area contributed by atoms with Crippen LogP contribution in [-0.2, 0) is 4.79 Å². The van der Waals surface area contributed by atoms with Gasteiger partial charge in [-0.25, -0.2) is 0 Å². The number of hydrogen-bond acceptors (Lipinski definition) is 4. The van der Waals surface area contributed by atoms with E-state index in [-0.39, 0.29) is 6.42 Å². The Bertz CT molecular complexity index is 194. The van der Waals surface area contributed by atoms with Crippen molar-refractivity contribution in [2.24, 2.45) is 0 Å². The predicted molar refractivity (Wildman–Crippen MR) is 63.5 cm³/mol. The van der Waals surface area contributed by atoms with Crippen molar-refractivity contribution in [2.45, 2.75) is 6.42 Å². The number of thioether (sulfide) groups is 1. The molecule has 0 aromatic rings. The van der Waals surface area contributed by atoms with Crippen LogP contribution in [0.1, 0.15) is 6.42 Å². The fourth-order valence-electron chi connectivity index (χ4n) is 1.71. The standard InChI is InChI=1S/C10H20N2O2S/c1-15-9-8-12-6-4-11(5-7-12)3-2-10(13)14/h2-9H2,1H3,(H,13,14). The molecule has 1 saturated heterocycles. The van der Waals surface area contributed by atoms with Gasteiger partial charge in [0.1, 0.15) is 0 Å². The molecule has 0 spiro atoms. The van der Waals surface area contributed by atoms with Crippen LogP contribution in [-0.4, -0.2) is 72.2 Å². The molecule has 0 aromatic heterocycles. The summed E-state index contributed by atoms with van der Waals surface area (Å²) in [5.41, 5.74) is 0. The highest BCUT2D eigenvalue weighted by atomic mass is 32.2. The summed E-state index contributed by atoms with van der Waals surface area (Å²) in [5, 5.41) is 8.57. The highest BCUT2D eigenvalue weighted by Crippen LogP contribution is 2.03. The topological polar surface area (TPSA) is 43.8 Å². The predicted octanol–water partition coefficient (Wildman–Crippen LogP) is 0.442. The van der Waals surface area contributed by atoms with Crippen molar-refractivity contribution >= 4 is 17.7 Å². The molecule has 0 bridgehead atoms. The molecular formula is C10H20N2O2S. The molecule has 1 rings (SSSR count). The van der Waals surface area contributed by atoms with Gasteiger partial charge in [0, 0.05) is 45.0 Å². The van der Waals surface area contributed by atoms with Gasteiger partial charge >= 0.3 is 5.97 Å². The van der Waals surface area contributed by atoms with Gasteiger partial charge in [-0.15, -0.1) is 0 Å². The van der Waals surface area contributed by atoms with E-state index in [4.69, 9.17) is 5.11 Å². The Morgan fingerprint density at radius 2 is 1.73 bits per heavy atom. The summed E-state index contributed by atoms with van der Waals surface area (Å²) in [7, 11) is 0. The summed E-state index contributed by atoms with van der Waals surface area (Å²) in [6.45, 7) is 6.06. The quantitative estimate of drug-likeness (QED) is 0.720. The molecule has 1 aliphatic heterocycles. The second kappa shape index (κ2) is 7.09. The number of nitrogens with zero attached hydrogens (tertiary/aromatic N) is 2. The SMILES string of the molecule is CSCCN1CCN(CCC(=O)O)CC1. The third-order valence-electron chi connectivity index (χ3n) is 2.72. The summed E-state index contributed by atoms with van der Waals surface area (Å²) < 4.78 is 0. The second-order valence-electron chi connectivity index (χ2n) is 3.82. The molecule has 0 aromatic carbocycles. The maximum absolute atomic E-state index is 10.4. The van der Waals surface area contributed by atoms with Gasteiger partial charge in [-0.1, -0.05) is 0 Å². The first-order valence-corrected chi connectivity index (χ1v) is 6.77. The van der Waals surface area contributed by atoms with Crippen LogP contribution in [0.4, 0.5) is 0 Å². The summed E-state index contributed by atoms with van der Waals surface area (Å²) in [6, 6.07) is 0. The monoisotopic (exact) mass is 232 g/mol. The lowest BCUT2D eigenvalue weighted by Crippen LogP contribution is -2.47. The van der Waals surface area contributed by atoms with Gasteiger partial charge in [0.05, 0.1) is 6.42 Å². The third kappa shape index (κ3) is 5.39. The molecule has 1 fully saturated rings. The molecule has 0 amide bonds. The van der Waals surface area contributed by atoms with Crippen LogP contribution in [0, 0.1) is 0 Å². The zero-order valence-electron chi connectivity index (χ0n) is 9.31. The van der Waals surface area contributed by atoms with Gasteiger partial charge in [0.25, 0.3) is 0 Å². The Morgan fingerprint density at radius 1 is 1.20 bits per heavy atom. The smallest absolute Gasteiger partial charge is 0.304 e. The van der Waals surface area contributed by atoms with Crippen LogP contribution in [0.5, 0.6) is 0 Å². The van der Waals surface area contributed by atoms with Crippen LogP contribution in [0.3, 0.4) is 0 Å². The average Bonchev–Trinajstić information content (AvgIpc) is 2.25. The molecule has 88 valence electrons. The normalized spacial score (nSPS) is 19.3. The zero-order chi connectivity index (χ0) is 11.1. The lowest BCUT2D eigenvalue weighted by Gasteiger charge is -2.34. The maximum Gasteiger partial charge on any atom is 0.304 e. The van der Waals surface area contributed by atoms with E-state index in [9.17, 15) is 4.79 Å². The van der Waals surface area contributed by atoms with Crippen LogP contribution in [0.15, 0.2) is 0 Å². The minimum absolute atomic E-state index is 0.269. The van der Waals surface area contributed by atoms with Crippen molar-refractivity contribution in [2.75, 3.05) is 51.3 Å². The molecule has 0 aliphatic carbocycles. The summed E-state index contributed by atoms with van der Waals surface area (Å²) >= 11 is 1.88. The maximum atomic E-state index is 10.4. The molecule has 4 nitrogen and oxygen atoms in total. The number of rotatable bonds is 6. The Balaban J connectivity index is 2.09. The number of aliphatic carboxylic acids is 1. The van der Waals surface area contributed by atoms with Crippen molar-refractivity contribution in [1.29, 1.82) is 0 Å². The molecular weight excluding hydrogens is 212 g/mol. The lowest BCUT2D eigenvalue weighted by molar-refractivity contribution is -0.137. The fourth-order valence-corrected chi connectivity index (χ4v) is 2.15. The largest absolute Gasteiger partial charge is 0.481 e. The second-order valence-corrected chi connectivity index (χ2v) is 4.81. The van der Waals surface area contributed by atoms with Crippen LogP contribution < -0.4 is 0 Å². The van der Waals surface area contributed by atoms with Gasteiger partial charge in [-0.05, 0) is 6.26 Å². The number of carboxylic acids is 1. The first kappa shape index (κ1) is 12.8. The van der Waals surface area contributed by atoms with Crippen molar-refractivity contribution in [3.8, 4) is 0 Å². The minimum Gasteiger partial charge on any atom is -0.481 e. The van der Waals surface area contributed by atoms with Crippen molar-refractivity contribution in [3.63, 3.8) is 0 Å². The Labute approximate surface area is 95.6 Å². The zero-order valence-corrected chi connectivity index (χ0v) is 10.1. The number of carboxylic acid groups (broad SMARTS) is 1. The van der Waals surface area contributed by atoms with Gasteiger partial charge in [-0.2, -0.15) is 11.8 Å². The van der Waals surface area contributed by atoms with Crippen molar-refractivity contribution in [1.82, 2.24) is 9.80 Å². The molecule has 0 atom stereocenters. The molecule has 1 heterocycles. The van der Waals surface area contributed by atoms with Crippen LogP contribution >= 0.6 is 11.8 Å². The number of piperazine rings is 1. The highest BCUT2D eigenvalue weighted by Gasteiger charge is 2.16. The van der Waals surface area contributed by atoms with E-state index >= 15 is 0 Å². The van der Waals surface area contributed by atoms with Crippen molar-refractivity contribution < 1.29 is 9.90 Å². The lowest BCUT2D eigenvalue weighted by atomic mass is 10.3. The average molecular weight is 232 g/mol. The molecule has 0 saturated carbocycles. The Kier molecular flexibility index (Phi) is 6.05. The molecule has 0 radical (unpaired) electrons. The van der Waals surface area contributed by atoms with E-state index in [1.807, 2.05) is 11.8 Å². The molecule has 0 unspecified atom stereocenters. The molecule has 5 heteroatoms. The van der Waals surface area contributed by atoms with E-state index in [2.05, 4.69) is 16.1 Å². The third-order valence-corrected chi connectivity index (χ3v) is 3.31. The van der Waals surface area contributed by atoms with E-state index in [1.54, 1.807) is 0 Å². The van der Waals surface area contributed by atoms with Gasteiger partial charge in [-0.3, -0.25) is 9.69 Å². The number of carbonyl (C=O) groups is 1. The Morgan fingerprint density at radius 3 is 2.20 bits per heavy atom. The molecule has 1 aliphatic rings. The summed E-state index contributed by atoms with van der Waals surface area (Å²) in [6.07, 6.45) is 2.40. The van der Waals surface area contributed by atoms with Crippen molar-refractivity contribution in [3.05, 3.63) is 0 Å². The van der Waals surface area contributed by atoms with Gasteiger partial charge < -0.3 is 10.0 Å². The van der Waals surface area contributed by atoms with E-state index in [0.717, 1.165) is 32.7 Å². The first-order valence-electron chi connectivity index (χ1n) is 5.38. The molecule has 1 N–H and O–H groups in total. The van der Waals surface area contributed by atoms with Gasteiger partial charge in [0.15, 0.2) is 0 Å². The van der Waals surface area contributed by atoms with Crippen LogP contribution in [0.2, 0.25) is 0 Å². The van der Waals surface area contributed by atoms with E-state index in [0.29, 0.717) is 6.54 Å². The highest BCUT2D eigenvalue weighted by molar-refractivity contribution is 7.98. The molecule has 15 heavy (non-hydrogen) atoms. The number of hydrogen-bond donors (Lipinski definition) is 1. The summed E-state index contributed by atoms with van der Waals surface area (Å²) in [5.74, 6) is 0.495. The Hall–Kier alpha value is -0.260. The van der Waals surface area contributed by atoms with Gasteiger partial charge in [0.2, 0.25) is 0 Å². The van der Waals surface area contributed by atoms with Crippen LogP contribution in [0.25, 0.3) is 0 Å². The first-order chi connectivity index (χ1) is 7.22. The van der Waals surface area contributed by atoms with E-state index in [1.165, 1.54) is 5.75 Å². The summed E-state index contributed by atoms with van der Waals surface area (Å²) in [4.78, 5) is 15.1. The fraction of sp³-hybridized carbons (Fsp3) is 0.900. The minimum atomic E-state index is -0.695.